The zero-order chi connectivity index (χ0) is 25.5. The highest BCUT2D eigenvalue weighted by atomic mass is 19.1. The molecular weight excluding hydrogens is 469 g/mol. The minimum Gasteiger partial charge on any atom is -0.354 e. The van der Waals surface area contributed by atoms with Crippen molar-refractivity contribution in [1.82, 2.24) is 24.5 Å². The number of carbonyl (C=O) groups excluding carboxylic acids is 1. The van der Waals surface area contributed by atoms with Gasteiger partial charge >= 0.3 is 0 Å². The second-order valence-electron chi connectivity index (χ2n) is 9.91. The van der Waals surface area contributed by atoms with Crippen molar-refractivity contribution in [2.75, 3.05) is 36.5 Å². The van der Waals surface area contributed by atoms with Crippen LogP contribution < -0.4 is 9.80 Å². The minimum atomic E-state index is -0.215. The van der Waals surface area contributed by atoms with Crippen molar-refractivity contribution in [3.05, 3.63) is 72.2 Å². The van der Waals surface area contributed by atoms with E-state index in [4.69, 9.17) is 10.1 Å². The molecule has 0 saturated carbocycles. The molecule has 2 aliphatic heterocycles. The summed E-state index contributed by atoms with van der Waals surface area (Å²) >= 11 is 0. The molecular formula is C28H30FN7O. The summed E-state index contributed by atoms with van der Waals surface area (Å²) in [5.41, 5.74) is 3.33. The van der Waals surface area contributed by atoms with E-state index in [-0.39, 0.29) is 23.8 Å². The van der Waals surface area contributed by atoms with Crippen LogP contribution in [0, 0.1) is 5.82 Å². The summed E-state index contributed by atoms with van der Waals surface area (Å²) in [6.45, 7) is 4.08. The molecule has 190 valence electrons. The van der Waals surface area contributed by atoms with E-state index in [0.29, 0.717) is 0 Å². The van der Waals surface area contributed by atoms with E-state index in [1.807, 2.05) is 59.1 Å². The van der Waals surface area contributed by atoms with Crippen LogP contribution in [-0.4, -0.2) is 63.1 Å². The van der Waals surface area contributed by atoms with Crippen LogP contribution in [-0.2, 0) is 4.79 Å². The fourth-order valence-electron chi connectivity index (χ4n) is 5.56. The summed E-state index contributed by atoms with van der Waals surface area (Å²) in [5.74, 6) is 1.59. The van der Waals surface area contributed by atoms with Gasteiger partial charge in [-0.15, -0.1) is 5.10 Å². The van der Waals surface area contributed by atoms with Gasteiger partial charge in [0.1, 0.15) is 23.1 Å². The van der Waals surface area contributed by atoms with Crippen molar-refractivity contribution in [2.45, 2.75) is 38.3 Å². The largest absolute Gasteiger partial charge is 0.354 e. The molecule has 1 amide bonds. The van der Waals surface area contributed by atoms with Gasteiger partial charge in [-0.2, -0.15) is 0 Å². The Bertz CT molecular complexity index is 1450. The number of amides is 1. The monoisotopic (exact) mass is 499 g/mol. The zero-order valence-electron chi connectivity index (χ0n) is 21.1. The quantitative estimate of drug-likeness (QED) is 0.407. The van der Waals surface area contributed by atoms with Gasteiger partial charge in [0.15, 0.2) is 5.65 Å². The number of hydrogen-bond donors (Lipinski definition) is 0. The minimum absolute atomic E-state index is 0.0822. The number of benzene rings is 1. The number of nitrogens with zero attached hydrogens (tertiary/aromatic N) is 7. The average Bonchev–Trinajstić information content (AvgIpc) is 3.67. The Morgan fingerprint density at radius 1 is 1.05 bits per heavy atom. The smallest absolute Gasteiger partial charge is 0.219 e. The lowest BCUT2D eigenvalue weighted by Crippen LogP contribution is -2.37. The molecule has 0 bridgehead atoms. The van der Waals surface area contributed by atoms with Gasteiger partial charge in [-0.25, -0.2) is 18.9 Å². The Morgan fingerprint density at radius 2 is 1.92 bits per heavy atom. The molecule has 0 aliphatic carbocycles. The standard InChI is InChI=1S/C28H30FN7O/c1-19(37)33(2)22-13-15-34(18-22)27-10-4-8-23(31-27)25-17-30-26-11-12-28(32-36(25)26)35-14-5-9-24(35)20-6-3-7-21(29)16-20/h3-4,6-8,10-12,16-17,22,24H,5,9,13-15,18H2,1-2H3/t22-,24?/m1/s1. The number of aromatic nitrogens is 4. The molecule has 2 aliphatic rings. The molecule has 37 heavy (non-hydrogen) atoms. The van der Waals surface area contributed by atoms with Gasteiger partial charge in [0.05, 0.1) is 24.0 Å². The van der Waals surface area contributed by atoms with E-state index in [1.54, 1.807) is 19.1 Å². The van der Waals surface area contributed by atoms with Crippen LogP contribution in [0.1, 0.15) is 37.8 Å². The van der Waals surface area contributed by atoms with E-state index in [2.05, 4.69) is 14.8 Å². The van der Waals surface area contributed by atoms with Crippen LogP contribution in [0.3, 0.4) is 0 Å². The highest BCUT2D eigenvalue weighted by molar-refractivity contribution is 5.73. The number of imidazole rings is 1. The second kappa shape index (κ2) is 9.46. The van der Waals surface area contributed by atoms with Crippen molar-refractivity contribution >= 4 is 23.2 Å². The fourth-order valence-corrected chi connectivity index (χ4v) is 5.56. The van der Waals surface area contributed by atoms with Crippen molar-refractivity contribution in [1.29, 1.82) is 0 Å². The highest BCUT2D eigenvalue weighted by Gasteiger charge is 2.29. The van der Waals surface area contributed by atoms with Crippen molar-refractivity contribution < 1.29 is 9.18 Å². The first-order valence-electron chi connectivity index (χ1n) is 12.8. The SMILES string of the molecule is CC(=O)N(C)[C@@H]1CCN(c2cccc(-c3cnc4ccc(N5CCCC5c5cccc(F)c5)nn34)n2)C1. The molecule has 0 radical (unpaired) electrons. The molecule has 5 heterocycles. The number of pyridine rings is 1. The topological polar surface area (TPSA) is 69.9 Å². The molecule has 0 N–H and O–H groups in total. The Morgan fingerprint density at radius 3 is 2.76 bits per heavy atom. The zero-order valence-corrected chi connectivity index (χ0v) is 21.1. The summed E-state index contributed by atoms with van der Waals surface area (Å²) in [6.07, 6.45) is 4.71. The maximum absolute atomic E-state index is 13.9. The maximum Gasteiger partial charge on any atom is 0.219 e. The fraction of sp³-hybridized carbons (Fsp3) is 0.357. The molecule has 4 aromatic rings. The third kappa shape index (κ3) is 4.39. The van der Waals surface area contributed by atoms with Gasteiger partial charge in [-0.05, 0) is 61.2 Å². The van der Waals surface area contributed by atoms with Gasteiger partial charge in [0.2, 0.25) is 5.91 Å². The molecule has 2 atom stereocenters. The molecule has 1 unspecified atom stereocenters. The molecule has 8 nitrogen and oxygen atoms in total. The molecule has 9 heteroatoms. The van der Waals surface area contributed by atoms with E-state index in [1.165, 1.54) is 6.07 Å². The van der Waals surface area contributed by atoms with Gasteiger partial charge in [0, 0.05) is 33.6 Å². The number of anilines is 2. The van der Waals surface area contributed by atoms with E-state index in [0.717, 1.165) is 73.1 Å². The number of halogens is 1. The third-order valence-corrected chi connectivity index (χ3v) is 7.66. The van der Waals surface area contributed by atoms with Crippen molar-refractivity contribution in [2.24, 2.45) is 0 Å². The molecule has 6 rings (SSSR count). The van der Waals surface area contributed by atoms with Gasteiger partial charge in [0.25, 0.3) is 0 Å². The number of fused-ring (bicyclic) bond motifs is 1. The summed E-state index contributed by atoms with van der Waals surface area (Å²) in [5, 5.41) is 4.96. The lowest BCUT2D eigenvalue weighted by atomic mass is 10.0. The van der Waals surface area contributed by atoms with E-state index in [9.17, 15) is 9.18 Å². The van der Waals surface area contributed by atoms with Crippen LogP contribution in [0.2, 0.25) is 0 Å². The molecule has 3 aromatic heterocycles. The molecule has 2 fully saturated rings. The third-order valence-electron chi connectivity index (χ3n) is 7.66. The van der Waals surface area contributed by atoms with Crippen LogP contribution >= 0.6 is 0 Å². The summed E-state index contributed by atoms with van der Waals surface area (Å²) in [7, 11) is 1.86. The highest BCUT2D eigenvalue weighted by Crippen LogP contribution is 2.36. The number of rotatable bonds is 5. The van der Waals surface area contributed by atoms with Crippen LogP contribution in [0.5, 0.6) is 0 Å². The molecule has 1 aromatic carbocycles. The first-order valence-corrected chi connectivity index (χ1v) is 12.8. The lowest BCUT2D eigenvalue weighted by Gasteiger charge is -2.26. The van der Waals surface area contributed by atoms with E-state index < -0.39 is 0 Å². The summed E-state index contributed by atoms with van der Waals surface area (Å²) in [6, 6.07) is 17.1. The summed E-state index contributed by atoms with van der Waals surface area (Å²) in [4.78, 5) is 27.6. The summed E-state index contributed by atoms with van der Waals surface area (Å²) < 4.78 is 15.8. The Hall–Kier alpha value is -4.01. The Balaban J connectivity index is 1.30. The van der Waals surface area contributed by atoms with Crippen LogP contribution in [0.25, 0.3) is 17.0 Å². The number of likely N-dealkylation sites (N-methyl/N-ethyl adjacent to an activating group) is 1. The Labute approximate surface area is 215 Å². The molecule has 2 saturated heterocycles. The number of hydrogen-bond acceptors (Lipinski definition) is 6. The van der Waals surface area contributed by atoms with Crippen molar-refractivity contribution in [3.8, 4) is 11.4 Å². The van der Waals surface area contributed by atoms with Crippen LogP contribution in [0.4, 0.5) is 16.0 Å². The average molecular weight is 500 g/mol. The first kappa shape index (κ1) is 23.4. The predicted molar refractivity (Wildman–Crippen MR) is 141 cm³/mol. The maximum atomic E-state index is 13.9. The molecule has 0 spiro atoms. The Kier molecular flexibility index (Phi) is 5.98. The lowest BCUT2D eigenvalue weighted by molar-refractivity contribution is -0.129. The van der Waals surface area contributed by atoms with Crippen molar-refractivity contribution in [3.63, 3.8) is 0 Å². The van der Waals surface area contributed by atoms with Gasteiger partial charge < -0.3 is 14.7 Å². The first-order chi connectivity index (χ1) is 18.0. The van der Waals surface area contributed by atoms with Gasteiger partial charge in [-0.1, -0.05) is 18.2 Å². The normalized spacial score (nSPS) is 19.6. The van der Waals surface area contributed by atoms with Crippen LogP contribution in [0.15, 0.2) is 60.8 Å². The predicted octanol–water partition coefficient (Wildman–Crippen LogP) is 4.33. The number of carbonyl (C=O) groups is 1. The van der Waals surface area contributed by atoms with E-state index >= 15 is 0 Å². The second-order valence-corrected chi connectivity index (χ2v) is 9.91. The van der Waals surface area contributed by atoms with Gasteiger partial charge in [-0.3, -0.25) is 4.79 Å².